The van der Waals surface area contributed by atoms with E-state index >= 15 is 0 Å². The van der Waals surface area contributed by atoms with Crippen molar-refractivity contribution < 1.29 is 9.53 Å². The maximum absolute atomic E-state index is 11.5. The van der Waals surface area contributed by atoms with Gasteiger partial charge in [0.2, 0.25) is 0 Å². The molecule has 0 bridgehead atoms. The number of carbonyl (C=O) groups is 1. The number of carbonyl (C=O) groups excluding carboxylic acids is 1. The maximum atomic E-state index is 11.5. The monoisotopic (exact) mass is 289 g/mol. The molecule has 0 amide bonds. The lowest BCUT2D eigenvalue weighted by Crippen LogP contribution is -2.10. The molecule has 7 heteroatoms. The predicted molar refractivity (Wildman–Crippen MR) is 80.0 cm³/mol. The summed E-state index contributed by atoms with van der Waals surface area (Å²) in [4.78, 5) is 15.7. The molecule has 112 valence electrons. The molecule has 2 heterocycles. The molecule has 0 spiro atoms. The zero-order valence-corrected chi connectivity index (χ0v) is 12.6. The molecule has 0 aliphatic rings. The molecule has 0 aliphatic carbocycles. The lowest BCUT2D eigenvalue weighted by atomic mass is 10.2. The number of rotatable bonds is 4. The summed E-state index contributed by atoms with van der Waals surface area (Å²) >= 11 is 0. The van der Waals surface area contributed by atoms with Gasteiger partial charge in [0.05, 0.1) is 18.5 Å². The molecule has 3 N–H and O–H groups in total. The quantitative estimate of drug-likeness (QED) is 0.826. The summed E-state index contributed by atoms with van der Waals surface area (Å²) in [6.45, 7) is 4.48. The summed E-state index contributed by atoms with van der Waals surface area (Å²) in [6.07, 6.45) is 0. The molecule has 2 aromatic heterocycles. The number of nitrogens with two attached hydrogens (primary N) is 1. The van der Waals surface area contributed by atoms with Gasteiger partial charge in [0.25, 0.3) is 0 Å². The number of aromatic nitrogens is 3. The largest absolute Gasteiger partial charge is 0.464 e. The Kier molecular flexibility index (Phi) is 4.11. The van der Waals surface area contributed by atoms with E-state index in [1.807, 2.05) is 25.6 Å². The van der Waals surface area contributed by atoms with E-state index in [0.29, 0.717) is 18.1 Å². The minimum atomic E-state index is -0.494. The van der Waals surface area contributed by atoms with Crippen LogP contribution >= 0.6 is 0 Å². The van der Waals surface area contributed by atoms with E-state index in [9.17, 15) is 4.79 Å². The van der Waals surface area contributed by atoms with Crippen LogP contribution in [0.3, 0.4) is 0 Å². The fraction of sp³-hybridized carbons (Fsp3) is 0.357. The van der Waals surface area contributed by atoms with Crippen molar-refractivity contribution in [2.75, 3.05) is 18.2 Å². The van der Waals surface area contributed by atoms with Crippen LogP contribution in [0.1, 0.15) is 27.4 Å². The number of nitrogens with one attached hydrogen (secondary N) is 1. The number of nitrogens with zero attached hydrogens (tertiary/aromatic N) is 3. The molecule has 0 fully saturated rings. The Labute approximate surface area is 123 Å². The molecule has 21 heavy (non-hydrogen) atoms. The van der Waals surface area contributed by atoms with Gasteiger partial charge in [-0.1, -0.05) is 0 Å². The van der Waals surface area contributed by atoms with Gasteiger partial charge in [-0.15, -0.1) is 0 Å². The zero-order valence-electron chi connectivity index (χ0n) is 12.6. The van der Waals surface area contributed by atoms with E-state index in [0.717, 1.165) is 17.0 Å². The van der Waals surface area contributed by atoms with Crippen LogP contribution < -0.4 is 11.1 Å². The predicted octanol–water partition coefficient (Wildman–Crippen LogP) is 1.41. The molecule has 0 saturated heterocycles. The van der Waals surface area contributed by atoms with Gasteiger partial charge in [0.15, 0.2) is 5.69 Å². The van der Waals surface area contributed by atoms with Gasteiger partial charge in [-0.05, 0) is 26.0 Å². The highest BCUT2D eigenvalue weighted by Crippen LogP contribution is 2.19. The first-order valence-electron chi connectivity index (χ1n) is 6.51. The number of nitrogen functional groups attached to an aromatic ring is 1. The number of methoxy groups -OCH3 is 1. The summed E-state index contributed by atoms with van der Waals surface area (Å²) in [5, 5.41) is 7.50. The molecular weight excluding hydrogens is 270 g/mol. The van der Waals surface area contributed by atoms with Gasteiger partial charge < -0.3 is 15.8 Å². The van der Waals surface area contributed by atoms with E-state index in [1.54, 1.807) is 6.07 Å². The lowest BCUT2D eigenvalue weighted by molar-refractivity contribution is 0.0594. The smallest absolute Gasteiger partial charge is 0.356 e. The summed E-state index contributed by atoms with van der Waals surface area (Å²) in [7, 11) is 3.21. The van der Waals surface area contributed by atoms with Crippen LogP contribution in [-0.4, -0.2) is 27.8 Å². The van der Waals surface area contributed by atoms with Crippen molar-refractivity contribution in [3.05, 3.63) is 34.8 Å². The highest BCUT2D eigenvalue weighted by atomic mass is 16.5. The van der Waals surface area contributed by atoms with E-state index in [2.05, 4.69) is 20.1 Å². The van der Waals surface area contributed by atoms with Crippen molar-refractivity contribution in [3.63, 3.8) is 0 Å². The molecule has 2 rings (SSSR count). The number of pyridine rings is 1. The minimum Gasteiger partial charge on any atom is -0.464 e. The second-order valence-electron chi connectivity index (χ2n) is 4.75. The summed E-state index contributed by atoms with van der Waals surface area (Å²) in [6, 6.07) is 3.16. The first kappa shape index (κ1) is 14.8. The standard InChI is InChI=1S/C14H19N5O2/c1-8-10(9(2)19(3)18-8)7-16-13-11(15)5-6-12(17-13)14(20)21-4/h5-6H,7,15H2,1-4H3,(H,16,17). The number of aryl methyl sites for hydroxylation is 2. The normalized spacial score (nSPS) is 10.5. The minimum absolute atomic E-state index is 0.217. The van der Waals surface area contributed by atoms with Gasteiger partial charge in [0, 0.05) is 24.8 Å². The van der Waals surface area contributed by atoms with Crippen molar-refractivity contribution >= 4 is 17.5 Å². The molecule has 2 aromatic rings. The van der Waals surface area contributed by atoms with Crippen molar-refractivity contribution in [3.8, 4) is 0 Å². The number of esters is 1. The fourth-order valence-corrected chi connectivity index (χ4v) is 2.08. The average molecular weight is 289 g/mol. The summed E-state index contributed by atoms with van der Waals surface area (Å²) in [5.41, 5.74) is 9.68. The van der Waals surface area contributed by atoms with E-state index in [1.165, 1.54) is 13.2 Å². The fourth-order valence-electron chi connectivity index (χ4n) is 2.08. The molecule has 0 saturated carbocycles. The van der Waals surface area contributed by atoms with E-state index in [4.69, 9.17) is 5.73 Å². The van der Waals surface area contributed by atoms with E-state index in [-0.39, 0.29) is 5.69 Å². The molecule has 0 unspecified atom stereocenters. The Morgan fingerprint density at radius 3 is 2.71 bits per heavy atom. The Hall–Kier alpha value is -2.57. The van der Waals surface area contributed by atoms with Gasteiger partial charge in [-0.2, -0.15) is 5.10 Å². The molecule has 7 nitrogen and oxygen atoms in total. The van der Waals surface area contributed by atoms with Crippen molar-refractivity contribution in [2.45, 2.75) is 20.4 Å². The SMILES string of the molecule is COC(=O)c1ccc(N)c(NCc2c(C)nn(C)c2C)n1. The van der Waals surface area contributed by atoms with Gasteiger partial charge in [-0.3, -0.25) is 4.68 Å². The summed E-state index contributed by atoms with van der Waals surface area (Å²) < 4.78 is 6.48. The molecular formula is C14H19N5O2. The third kappa shape index (κ3) is 2.96. The molecule has 0 atom stereocenters. The van der Waals surface area contributed by atoms with Crippen molar-refractivity contribution in [1.82, 2.24) is 14.8 Å². The van der Waals surface area contributed by atoms with Crippen LogP contribution in [0.2, 0.25) is 0 Å². The van der Waals surface area contributed by atoms with E-state index < -0.39 is 5.97 Å². The molecule has 0 radical (unpaired) electrons. The van der Waals surface area contributed by atoms with Crippen LogP contribution in [0.25, 0.3) is 0 Å². The zero-order chi connectivity index (χ0) is 15.6. The highest BCUT2D eigenvalue weighted by molar-refractivity contribution is 5.88. The van der Waals surface area contributed by atoms with Gasteiger partial charge in [-0.25, -0.2) is 9.78 Å². The Balaban J connectivity index is 2.21. The second kappa shape index (κ2) is 5.82. The third-order valence-electron chi connectivity index (χ3n) is 3.41. The van der Waals surface area contributed by atoms with Crippen LogP contribution in [0.15, 0.2) is 12.1 Å². The van der Waals surface area contributed by atoms with Crippen LogP contribution in [0, 0.1) is 13.8 Å². The van der Waals surface area contributed by atoms with Gasteiger partial charge in [0.1, 0.15) is 5.82 Å². The topological polar surface area (TPSA) is 95.1 Å². The van der Waals surface area contributed by atoms with Gasteiger partial charge >= 0.3 is 5.97 Å². The maximum Gasteiger partial charge on any atom is 0.356 e. The number of anilines is 2. The first-order valence-corrected chi connectivity index (χ1v) is 6.51. The number of hydrogen-bond donors (Lipinski definition) is 2. The van der Waals surface area contributed by atoms with Crippen molar-refractivity contribution in [2.24, 2.45) is 7.05 Å². The van der Waals surface area contributed by atoms with Crippen LogP contribution in [0.4, 0.5) is 11.5 Å². The number of hydrogen-bond acceptors (Lipinski definition) is 6. The summed E-state index contributed by atoms with van der Waals surface area (Å²) in [5.74, 6) is -0.0349. The molecule has 0 aromatic carbocycles. The van der Waals surface area contributed by atoms with Crippen LogP contribution in [0.5, 0.6) is 0 Å². The Bertz CT molecular complexity index is 678. The Morgan fingerprint density at radius 2 is 2.14 bits per heavy atom. The second-order valence-corrected chi connectivity index (χ2v) is 4.75. The lowest BCUT2D eigenvalue weighted by Gasteiger charge is -2.10. The van der Waals surface area contributed by atoms with Crippen LogP contribution in [-0.2, 0) is 18.3 Å². The first-order chi connectivity index (χ1) is 9.93. The van der Waals surface area contributed by atoms with Crippen molar-refractivity contribution in [1.29, 1.82) is 0 Å². The Morgan fingerprint density at radius 1 is 1.43 bits per heavy atom. The average Bonchev–Trinajstić information content (AvgIpc) is 2.71. The highest BCUT2D eigenvalue weighted by Gasteiger charge is 2.13. The number of ether oxygens (including phenoxy) is 1. The third-order valence-corrected chi connectivity index (χ3v) is 3.41. The molecule has 0 aliphatic heterocycles.